The van der Waals surface area contributed by atoms with Crippen LogP contribution in [0.15, 0.2) is 72.4 Å². The molecule has 3 fully saturated rings. The van der Waals surface area contributed by atoms with E-state index in [-0.39, 0.29) is 12.1 Å². The topological polar surface area (TPSA) is 26.3 Å². The zero-order chi connectivity index (χ0) is 33.2. The summed E-state index contributed by atoms with van der Waals surface area (Å²) in [7, 11) is 0. The Morgan fingerprint density at radius 3 is 2.35 bits per heavy atom. The Bertz CT molecular complexity index is 1150. The van der Waals surface area contributed by atoms with Gasteiger partial charge in [-0.3, -0.25) is 4.79 Å². The van der Waals surface area contributed by atoms with E-state index in [2.05, 4.69) is 115 Å². The van der Waals surface area contributed by atoms with Crippen LogP contribution in [-0.2, 0) is 9.53 Å². The van der Waals surface area contributed by atoms with Crippen molar-refractivity contribution in [1.29, 1.82) is 0 Å². The standard InChI is InChI=1S/C44H68O2/c1-8-9-10-11-12-13-14-15-16-17-18-19-20-21-42(45)46-37-28-30-43(6)36(32-37)24-25-38-40-27-26-39(44(40,7)31-29-41(38)43)35(5)23-22-34(4)33(2)3/h9-16,22-24,33-35,37-41H,8,17-21,25-32H2,1-7H3/b10-9+,12-11+,14-13-,16-15-,23-22+. The first-order chi connectivity index (χ1) is 22.1. The number of carbonyl (C=O) groups is 1. The Balaban J connectivity index is 1.21. The Morgan fingerprint density at radius 2 is 1.61 bits per heavy atom. The van der Waals surface area contributed by atoms with Gasteiger partial charge in [-0.05, 0) is 123 Å². The molecule has 0 heterocycles. The van der Waals surface area contributed by atoms with E-state index in [1.54, 1.807) is 5.57 Å². The minimum absolute atomic E-state index is 0.0154. The van der Waals surface area contributed by atoms with E-state index in [4.69, 9.17) is 4.74 Å². The number of unbranched alkanes of at least 4 members (excludes halogenated alkanes) is 3. The van der Waals surface area contributed by atoms with Gasteiger partial charge in [0.2, 0.25) is 0 Å². The van der Waals surface area contributed by atoms with Crippen LogP contribution in [0.3, 0.4) is 0 Å². The van der Waals surface area contributed by atoms with E-state index in [1.165, 1.54) is 38.5 Å². The maximum Gasteiger partial charge on any atom is 0.306 e. The predicted octanol–water partition coefficient (Wildman–Crippen LogP) is 12.5. The highest BCUT2D eigenvalue weighted by molar-refractivity contribution is 5.69. The van der Waals surface area contributed by atoms with Gasteiger partial charge in [0.25, 0.3) is 0 Å². The van der Waals surface area contributed by atoms with Gasteiger partial charge in [-0.1, -0.05) is 127 Å². The van der Waals surface area contributed by atoms with Crippen LogP contribution in [0.2, 0.25) is 0 Å². The van der Waals surface area contributed by atoms with Crippen molar-refractivity contribution in [2.45, 2.75) is 144 Å². The lowest BCUT2D eigenvalue weighted by Crippen LogP contribution is -2.51. The van der Waals surface area contributed by atoms with Crippen LogP contribution in [0.25, 0.3) is 0 Å². The molecule has 0 aliphatic heterocycles. The lowest BCUT2D eigenvalue weighted by molar-refractivity contribution is -0.151. The second-order valence-electron chi connectivity index (χ2n) is 16.3. The lowest BCUT2D eigenvalue weighted by Gasteiger charge is -2.58. The Labute approximate surface area is 284 Å². The van der Waals surface area contributed by atoms with Crippen LogP contribution in [0.1, 0.15) is 138 Å². The number of carbonyl (C=O) groups excluding carboxylic acids is 1. The molecule has 9 atom stereocenters. The molecule has 0 saturated heterocycles. The van der Waals surface area contributed by atoms with Crippen molar-refractivity contribution in [3.05, 3.63) is 72.4 Å². The molecule has 2 nitrogen and oxygen atoms in total. The van der Waals surface area contributed by atoms with Gasteiger partial charge in [0.15, 0.2) is 0 Å². The summed E-state index contributed by atoms with van der Waals surface area (Å²) in [5.41, 5.74) is 2.40. The third-order valence-corrected chi connectivity index (χ3v) is 13.1. The van der Waals surface area contributed by atoms with Crippen molar-refractivity contribution in [2.75, 3.05) is 0 Å². The number of esters is 1. The molecule has 0 N–H and O–H groups in total. The zero-order valence-corrected chi connectivity index (χ0v) is 30.7. The number of fused-ring (bicyclic) bond motifs is 5. The molecule has 256 valence electrons. The van der Waals surface area contributed by atoms with Gasteiger partial charge >= 0.3 is 5.97 Å². The smallest absolute Gasteiger partial charge is 0.306 e. The van der Waals surface area contributed by atoms with Gasteiger partial charge in [-0.25, -0.2) is 0 Å². The molecule has 0 spiro atoms. The first kappa shape index (κ1) is 36.7. The van der Waals surface area contributed by atoms with Crippen molar-refractivity contribution in [3.8, 4) is 0 Å². The van der Waals surface area contributed by atoms with Crippen LogP contribution >= 0.6 is 0 Å². The van der Waals surface area contributed by atoms with Gasteiger partial charge in [-0.15, -0.1) is 0 Å². The molecule has 0 amide bonds. The molecular weight excluding hydrogens is 560 g/mol. The average molecular weight is 629 g/mol. The fraction of sp³-hybridized carbons (Fsp3) is 0.705. The fourth-order valence-electron chi connectivity index (χ4n) is 9.94. The molecule has 0 aromatic rings. The molecule has 4 aliphatic carbocycles. The van der Waals surface area contributed by atoms with E-state index < -0.39 is 0 Å². The summed E-state index contributed by atoms with van der Waals surface area (Å²) in [6, 6.07) is 0. The number of ether oxygens (including phenoxy) is 1. The average Bonchev–Trinajstić information content (AvgIpc) is 3.39. The van der Waals surface area contributed by atoms with E-state index in [1.807, 2.05) is 0 Å². The van der Waals surface area contributed by atoms with E-state index >= 15 is 0 Å². The van der Waals surface area contributed by atoms with Gasteiger partial charge in [0.1, 0.15) is 6.10 Å². The van der Waals surface area contributed by atoms with Gasteiger partial charge in [-0.2, -0.15) is 0 Å². The summed E-state index contributed by atoms with van der Waals surface area (Å²) >= 11 is 0. The summed E-state index contributed by atoms with van der Waals surface area (Å²) in [6.07, 6.45) is 40.4. The van der Waals surface area contributed by atoms with Crippen LogP contribution in [0.5, 0.6) is 0 Å². The second-order valence-corrected chi connectivity index (χ2v) is 16.3. The van der Waals surface area contributed by atoms with E-state index in [0.717, 1.165) is 68.6 Å². The summed E-state index contributed by atoms with van der Waals surface area (Å²) in [5.74, 6) is 5.38. The predicted molar refractivity (Wildman–Crippen MR) is 197 cm³/mol. The third-order valence-electron chi connectivity index (χ3n) is 13.1. The SMILES string of the molecule is CC/C=C/C=C/C=C\C=C/CCCCCC(=O)OC1CCC2(C)C(=CCC3C2CCC2(C)C(C(C)/C=C/C(C)C(C)C)CCC32)C1. The van der Waals surface area contributed by atoms with Crippen molar-refractivity contribution < 1.29 is 9.53 Å². The number of hydrogen-bond acceptors (Lipinski definition) is 2. The fourth-order valence-corrected chi connectivity index (χ4v) is 9.94. The third kappa shape index (κ3) is 9.08. The first-order valence-corrected chi connectivity index (χ1v) is 19.3. The number of hydrogen-bond donors (Lipinski definition) is 0. The molecule has 0 bridgehead atoms. The minimum Gasteiger partial charge on any atom is -0.462 e. The largest absolute Gasteiger partial charge is 0.462 e. The first-order valence-electron chi connectivity index (χ1n) is 19.3. The molecule has 4 rings (SSSR count). The van der Waals surface area contributed by atoms with Crippen LogP contribution in [0.4, 0.5) is 0 Å². The maximum absolute atomic E-state index is 12.8. The Hall–Kier alpha value is -2.09. The molecule has 2 heteroatoms. The van der Waals surface area contributed by atoms with E-state index in [0.29, 0.717) is 35.0 Å². The highest BCUT2D eigenvalue weighted by Gasteiger charge is 2.59. The highest BCUT2D eigenvalue weighted by atomic mass is 16.5. The summed E-state index contributed by atoms with van der Waals surface area (Å²) in [5, 5.41) is 0. The molecule has 0 aromatic heterocycles. The highest BCUT2D eigenvalue weighted by Crippen LogP contribution is 2.67. The quantitative estimate of drug-likeness (QED) is 0.0780. The Morgan fingerprint density at radius 1 is 0.870 bits per heavy atom. The lowest BCUT2D eigenvalue weighted by atomic mass is 9.47. The molecule has 0 radical (unpaired) electrons. The van der Waals surface area contributed by atoms with Crippen molar-refractivity contribution in [3.63, 3.8) is 0 Å². The number of allylic oxidation sites excluding steroid dienone is 11. The molecule has 4 aliphatic rings. The van der Waals surface area contributed by atoms with Gasteiger partial charge in [0.05, 0.1) is 0 Å². The number of rotatable bonds is 15. The van der Waals surface area contributed by atoms with Crippen molar-refractivity contribution >= 4 is 5.97 Å². The van der Waals surface area contributed by atoms with Crippen molar-refractivity contribution in [2.24, 2.45) is 52.3 Å². The molecule has 0 aromatic carbocycles. The van der Waals surface area contributed by atoms with Crippen LogP contribution < -0.4 is 0 Å². The molecule has 9 unspecified atom stereocenters. The minimum atomic E-state index is 0.0154. The normalized spacial score (nSPS) is 34.4. The second kappa shape index (κ2) is 17.3. The zero-order valence-electron chi connectivity index (χ0n) is 30.7. The summed E-state index contributed by atoms with van der Waals surface area (Å²) in [4.78, 5) is 12.8. The molecule has 3 saturated carbocycles. The van der Waals surface area contributed by atoms with Gasteiger partial charge < -0.3 is 4.74 Å². The summed E-state index contributed by atoms with van der Waals surface area (Å²) in [6.45, 7) is 16.9. The van der Waals surface area contributed by atoms with E-state index in [9.17, 15) is 4.79 Å². The van der Waals surface area contributed by atoms with Crippen LogP contribution in [0, 0.1) is 52.3 Å². The monoisotopic (exact) mass is 629 g/mol. The molecule has 46 heavy (non-hydrogen) atoms. The summed E-state index contributed by atoms with van der Waals surface area (Å²) < 4.78 is 6.09. The van der Waals surface area contributed by atoms with Gasteiger partial charge in [0, 0.05) is 12.8 Å². The molecular formula is C44H68O2. The van der Waals surface area contributed by atoms with Crippen LogP contribution in [-0.4, -0.2) is 12.1 Å². The van der Waals surface area contributed by atoms with Crippen molar-refractivity contribution in [1.82, 2.24) is 0 Å². The maximum atomic E-state index is 12.8. The Kier molecular flexibility index (Phi) is 13.9.